The minimum Gasteiger partial charge on any atom is -0.352 e. The molecule has 1 rings (SSSR count). The number of halogens is 1. The van der Waals surface area contributed by atoms with Crippen LogP contribution < -0.4 is 11.1 Å². The van der Waals surface area contributed by atoms with Gasteiger partial charge in [0.1, 0.15) is 6.04 Å². The van der Waals surface area contributed by atoms with E-state index in [2.05, 4.69) is 5.32 Å². The van der Waals surface area contributed by atoms with Crippen molar-refractivity contribution in [1.29, 1.82) is 0 Å². The Morgan fingerprint density at radius 1 is 1.27 bits per heavy atom. The van der Waals surface area contributed by atoms with Crippen molar-refractivity contribution in [3.8, 4) is 0 Å². The van der Waals surface area contributed by atoms with Gasteiger partial charge in [-0.2, -0.15) is 0 Å². The minimum absolute atomic E-state index is 0. The first-order valence-corrected chi connectivity index (χ1v) is 4.72. The molecule has 0 spiro atoms. The smallest absolute Gasteiger partial charge is 0.241 e. The molecule has 1 aromatic rings. The second-order valence-electron chi connectivity index (χ2n) is 3.55. The van der Waals surface area contributed by atoms with Crippen LogP contribution in [0, 0.1) is 0 Å². The molecule has 1 amide bonds. The van der Waals surface area contributed by atoms with E-state index in [-0.39, 0.29) is 24.4 Å². The molecule has 84 valence electrons. The third-order valence-electron chi connectivity index (χ3n) is 1.87. The quantitative estimate of drug-likeness (QED) is 0.827. The molecule has 0 aromatic heterocycles. The fourth-order valence-corrected chi connectivity index (χ4v) is 1.19. The molecular formula is C11H17ClN2O. The highest BCUT2D eigenvalue weighted by molar-refractivity contribution is 5.85. The van der Waals surface area contributed by atoms with Crippen molar-refractivity contribution in [2.75, 3.05) is 0 Å². The lowest BCUT2D eigenvalue weighted by Gasteiger charge is -2.14. The van der Waals surface area contributed by atoms with Gasteiger partial charge in [-0.25, -0.2) is 0 Å². The van der Waals surface area contributed by atoms with E-state index in [0.717, 1.165) is 5.56 Å². The van der Waals surface area contributed by atoms with E-state index >= 15 is 0 Å². The molecule has 0 saturated carbocycles. The largest absolute Gasteiger partial charge is 0.352 e. The second kappa shape index (κ2) is 6.43. The van der Waals surface area contributed by atoms with Crippen LogP contribution in [0.4, 0.5) is 0 Å². The van der Waals surface area contributed by atoms with Gasteiger partial charge in [0.05, 0.1) is 0 Å². The first-order valence-electron chi connectivity index (χ1n) is 4.72. The van der Waals surface area contributed by atoms with E-state index in [4.69, 9.17) is 5.73 Å². The molecule has 0 radical (unpaired) electrons. The van der Waals surface area contributed by atoms with Gasteiger partial charge in [0, 0.05) is 6.04 Å². The van der Waals surface area contributed by atoms with E-state index in [1.165, 1.54) is 0 Å². The summed E-state index contributed by atoms with van der Waals surface area (Å²) in [4.78, 5) is 11.5. The molecule has 0 fully saturated rings. The monoisotopic (exact) mass is 228 g/mol. The normalized spacial score (nSPS) is 11.7. The van der Waals surface area contributed by atoms with Crippen molar-refractivity contribution in [3.05, 3.63) is 35.9 Å². The first-order chi connectivity index (χ1) is 6.61. The van der Waals surface area contributed by atoms with Gasteiger partial charge in [-0.05, 0) is 19.4 Å². The predicted octanol–water partition coefficient (Wildman–Crippen LogP) is 1.63. The molecule has 0 saturated heterocycles. The highest BCUT2D eigenvalue weighted by Crippen LogP contribution is 2.09. The van der Waals surface area contributed by atoms with Gasteiger partial charge in [-0.15, -0.1) is 12.4 Å². The van der Waals surface area contributed by atoms with Gasteiger partial charge in [0.2, 0.25) is 5.91 Å². The molecule has 1 aromatic carbocycles. The molecule has 15 heavy (non-hydrogen) atoms. The van der Waals surface area contributed by atoms with E-state index in [9.17, 15) is 4.79 Å². The summed E-state index contributed by atoms with van der Waals surface area (Å²) in [6.45, 7) is 3.82. The van der Waals surface area contributed by atoms with Crippen LogP contribution in [0.25, 0.3) is 0 Å². The minimum atomic E-state index is -0.571. The van der Waals surface area contributed by atoms with Gasteiger partial charge in [-0.1, -0.05) is 30.3 Å². The predicted molar refractivity (Wildman–Crippen MR) is 63.9 cm³/mol. The Labute approximate surface area is 96.5 Å². The molecule has 3 nitrogen and oxygen atoms in total. The third-order valence-corrected chi connectivity index (χ3v) is 1.87. The first kappa shape index (κ1) is 13.9. The Balaban J connectivity index is 0.00000196. The Bertz CT molecular complexity index is 301. The van der Waals surface area contributed by atoms with E-state index in [1.54, 1.807) is 0 Å². The van der Waals surface area contributed by atoms with Crippen LogP contribution in [0.2, 0.25) is 0 Å². The van der Waals surface area contributed by atoms with Gasteiger partial charge in [0.25, 0.3) is 0 Å². The third kappa shape index (κ3) is 4.32. The number of hydrogen-bond donors (Lipinski definition) is 2. The van der Waals surface area contributed by atoms with Gasteiger partial charge in [-0.3, -0.25) is 4.79 Å². The van der Waals surface area contributed by atoms with Crippen LogP contribution in [0.1, 0.15) is 25.5 Å². The van der Waals surface area contributed by atoms with E-state index < -0.39 is 6.04 Å². The van der Waals surface area contributed by atoms with E-state index in [0.29, 0.717) is 0 Å². The van der Waals surface area contributed by atoms with Crippen molar-refractivity contribution < 1.29 is 4.79 Å². The molecule has 0 aliphatic rings. The lowest BCUT2D eigenvalue weighted by atomic mass is 10.1. The molecule has 0 heterocycles. The van der Waals surface area contributed by atoms with Gasteiger partial charge >= 0.3 is 0 Å². The Morgan fingerprint density at radius 2 is 1.80 bits per heavy atom. The maximum Gasteiger partial charge on any atom is 0.241 e. The SMILES string of the molecule is CC(C)NC(=O)C(N)c1ccccc1.Cl. The fraction of sp³-hybridized carbons (Fsp3) is 0.364. The molecule has 1 unspecified atom stereocenters. The summed E-state index contributed by atoms with van der Waals surface area (Å²) in [6.07, 6.45) is 0. The lowest BCUT2D eigenvalue weighted by molar-refractivity contribution is -0.122. The zero-order chi connectivity index (χ0) is 10.6. The van der Waals surface area contributed by atoms with Crippen LogP contribution in [0.15, 0.2) is 30.3 Å². The summed E-state index contributed by atoms with van der Waals surface area (Å²) in [5.41, 5.74) is 6.61. The van der Waals surface area contributed by atoms with Crippen LogP contribution >= 0.6 is 12.4 Å². The number of carbonyl (C=O) groups is 1. The molecule has 3 N–H and O–H groups in total. The number of benzene rings is 1. The maximum absolute atomic E-state index is 11.5. The van der Waals surface area contributed by atoms with Crippen molar-refractivity contribution >= 4 is 18.3 Å². The van der Waals surface area contributed by atoms with Gasteiger partial charge < -0.3 is 11.1 Å². The van der Waals surface area contributed by atoms with Crippen molar-refractivity contribution in [2.24, 2.45) is 5.73 Å². The van der Waals surface area contributed by atoms with E-state index in [1.807, 2.05) is 44.2 Å². The summed E-state index contributed by atoms with van der Waals surface area (Å²) in [5.74, 6) is -0.133. The highest BCUT2D eigenvalue weighted by atomic mass is 35.5. The average molecular weight is 229 g/mol. The molecule has 1 atom stereocenters. The van der Waals surface area contributed by atoms with Crippen molar-refractivity contribution in [2.45, 2.75) is 25.9 Å². The van der Waals surface area contributed by atoms with Crippen LogP contribution in [0.5, 0.6) is 0 Å². The van der Waals surface area contributed by atoms with Gasteiger partial charge in [0.15, 0.2) is 0 Å². The fourth-order valence-electron chi connectivity index (χ4n) is 1.19. The second-order valence-corrected chi connectivity index (χ2v) is 3.55. The summed E-state index contributed by atoms with van der Waals surface area (Å²) < 4.78 is 0. The maximum atomic E-state index is 11.5. The van der Waals surface area contributed by atoms with Crippen molar-refractivity contribution in [1.82, 2.24) is 5.32 Å². The zero-order valence-electron chi connectivity index (χ0n) is 8.94. The summed E-state index contributed by atoms with van der Waals surface area (Å²) in [5, 5.41) is 2.78. The summed E-state index contributed by atoms with van der Waals surface area (Å²) >= 11 is 0. The van der Waals surface area contributed by atoms with Crippen LogP contribution in [-0.2, 0) is 4.79 Å². The Hall–Kier alpha value is -1.06. The standard InChI is InChI=1S/C11H16N2O.ClH/c1-8(2)13-11(14)10(12)9-6-4-3-5-7-9;/h3-8,10H,12H2,1-2H3,(H,13,14);1H. The average Bonchev–Trinajstić information content (AvgIpc) is 2.17. The Kier molecular flexibility index (Phi) is 5.97. The number of nitrogens with one attached hydrogen (secondary N) is 1. The number of rotatable bonds is 3. The molecular weight excluding hydrogens is 212 g/mol. The molecule has 0 aliphatic carbocycles. The molecule has 4 heteroatoms. The lowest BCUT2D eigenvalue weighted by Crippen LogP contribution is -2.38. The number of hydrogen-bond acceptors (Lipinski definition) is 2. The number of nitrogens with two attached hydrogens (primary N) is 1. The Morgan fingerprint density at radius 3 is 2.27 bits per heavy atom. The van der Waals surface area contributed by atoms with Crippen LogP contribution in [-0.4, -0.2) is 11.9 Å². The topological polar surface area (TPSA) is 55.1 Å². The number of amides is 1. The summed E-state index contributed by atoms with van der Waals surface area (Å²) in [7, 11) is 0. The summed E-state index contributed by atoms with van der Waals surface area (Å²) in [6, 6.07) is 8.90. The van der Waals surface area contributed by atoms with Crippen molar-refractivity contribution in [3.63, 3.8) is 0 Å². The zero-order valence-corrected chi connectivity index (χ0v) is 9.75. The number of carbonyl (C=O) groups excluding carboxylic acids is 1. The highest BCUT2D eigenvalue weighted by Gasteiger charge is 2.15. The van der Waals surface area contributed by atoms with Crippen LogP contribution in [0.3, 0.4) is 0 Å². The molecule has 0 aliphatic heterocycles. The molecule has 0 bridgehead atoms.